The van der Waals surface area contributed by atoms with Crippen LogP contribution in [0.25, 0.3) is 0 Å². The SMILES string of the molecule is CC(C)CCCOCC(=O)NN. The predicted octanol–water partition coefficient (Wildman–Crippen LogP) is 0.429. The predicted molar refractivity (Wildman–Crippen MR) is 47.2 cm³/mol. The Balaban J connectivity index is 3.05. The van der Waals surface area contributed by atoms with E-state index in [1.54, 1.807) is 0 Å². The molecule has 0 fully saturated rings. The minimum Gasteiger partial charge on any atom is -0.372 e. The first kappa shape index (κ1) is 11.4. The van der Waals surface area contributed by atoms with Gasteiger partial charge in [-0.25, -0.2) is 5.84 Å². The van der Waals surface area contributed by atoms with E-state index in [-0.39, 0.29) is 12.5 Å². The van der Waals surface area contributed by atoms with E-state index in [9.17, 15) is 4.79 Å². The average molecular weight is 174 g/mol. The van der Waals surface area contributed by atoms with E-state index in [1.165, 1.54) is 0 Å². The van der Waals surface area contributed by atoms with Crippen molar-refractivity contribution in [2.75, 3.05) is 13.2 Å². The first-order valence-electron chi connectivity index (χ1n) is 4.24. The second kappa shape index (κ2) is 7.06. The molecule has 0 spiro atoms. The quantitative estimate of drug-likeness (QED) is 0.265. The Morgan fingerprint density at radius 2 is 2.25 bits per heavy atom. The summed E-state index contributed by atoms with van der Waals surface area (Å²) in [6, 6.07) is 0. The second-order valence-corrected chi connectivity index (χ2v) is 3.16. The summed E-state index contributed by atoms with van der Waals surface area (Å²) in [5.41, 5.74) is 2.00. The van der Waals surface area contributed by atoms with Gasteiger partial charge in [0.25, 0.3) is 5.91 Å². The highest BCUT2D eigenvalue weighted by Crippen LogP contribution is 2.02. The van der Waals surface area contributed by atoms with Crippen molar-refractivity contribution in [2.45, 2.75) is 26.7 Å². The molecule has 12 heavy (non-hydrogen) atoms. The molecule has 0 aliphatic carbocycles. The van der Waals surface area contributed by atoms with Crippen molar-refractivity contribution < 1.29 is 9.53 Å². The third-order valence-electron chi connectivity index (χ3n) is 1.46. The van der Waals surface area contributed by atoms with E-state index in [0.29, 0.717) is 12.5 Å². The van der Waals surface area contributed by atoms with Crippen molar-refractivity contribution in [1.82, 2.24) is 5.43 Å². The van der Waals surface area contributed by atoms with Crippen molar-refractivity contribution in [2.24, 2.45) is 11.8 Å². The summed E-state index contributed by atoms with van der Waals surface area (Å²) in [5, 5.41) is 0. The van der Waals surface area contributed by atoms with Crippen molar-refractivity contribution in [1.29, 1.82) is 0 Å². The van der Waals surface area contributed by atoms with Gasteiger partial charge in [-0.1, -0.05) is 13.8 Å². The number of nitrogens with two attached hydrogens (primary N) is 1. The maximum absolute atomic E-state index is 10.5. The fraction of sp³-hybridized carbons (Fsp3) is 0.875. The van der Waals surface area contributed by atoms with Gasteiger partial charge in [0.15, 0.2) is 0 Å². The molecule has 0 heterocycles. The topological polar surface area (TPSA) is 64.3 Å². The zero-order valence-electron chi connectivity index (χ0n) is 7.80. The molecule has 1 amide bonds. The smallest absolute Gasteiger partial charge is 0.259 e. The molecule has 0 saturated heterocycles. The molecule has 0 unspecified atom stereocenters. The van der Waals surface area contributed by atoms with Crippen LogP contribution in [0.4, 0.5) is 0 Å². The highest BCUT2D eigenvalue weighted by molar-refractivity contribution is 5.76. The number of carbonyl (C=O) groups is 1. The van der Waals surface area contributed by atoms with Gasteiger partial charge >= 0.3 is 0 Å². The molecule has 4 nitrogen and oxygen atoms in total. The van der Waals surface area contributed by atoms with Gasteiger partial charge < -0.3 is 4.74 Å². The Morgan fingerprint density at radius 1 is 1.58 bits per heavy atom. The fourth-order valence-electron chi connectivity index (χ4n) is 0.800. The number of hydrazine groups is 1. The Hall–Kier alpha value is -0.610. The highest BCUT2D eigenvalue weighted by atomic mass is 16.5. The number of rotatable bonds is 6. The molecule has 0 aromatic rings. The lowest BCUT2D eigenvalue weighted by Gasteiger charge is -2.04. The van der Waals surface area contributed by atoms with E-state index in [0.717, 1.165) is 12.8 Å². The molecule has 0 aliphatic rings. The summed E-state index contributed by atoms with van der Waals surface area (Å²) in [6.07, 6.45) is 2.12. The van der Waals surface area contributed by atoms with Gasteiger partial charge in [-0.3, -0.25) is 10.2 Å². The van der Waals surface area contributed by atoms with Crippen LogP contribution in [0.2, 0.25) is 0 Å². The van der Waals surface area contributed by atoms with Crippen LogP contribution in [0.3, 0.4) is 0 Å². The number of nitrogens with one attached hydrogen (secondary N) is 1. The fourth-order valence-corrected chi connectivity index (χ4v) is 0.800. The van der Waals surface area contributed by atoms with Gasteiger partial charge in [-0.2, -0.15) is 0 Å². The Bertz CT molecular complexity index is 126. The van der Waals surface area contributed by atoms with Gasteiger partial charge in [0.2, 0.25) is 0 Å². The minimum absolute atomic E-state index is 0.0641. The molecule has 0 radical (unpaired) electrons. The summed E-state index contributed by atoms with van der Waals surface area (Å²) in [7, 11) is 0. The highest BCUT2D eigenvalue weighted by Gasteiger charge is 1.98. The first-order valence-corrected chi connectivity index (χ1v) is 4.24. The lowest BCUT2D eigenvalue weighted by molar-refractivity contribution is -0.125. The summed E-state index contributed by atoms with van der Waals surface area (Å²) in [6.45, 7) is 5.01. The van der Waals surface area contributed by atoms with Crippen LogP contribution in [0, 0.1) is 5.92 Å². The number of amides is 1. The molecule has 4 heteroatoms. The van der Waals surface area contributed by atoms with Crippen molar-refractivity contribution in [3.05, 3.63) is 0 Å². The van der Waals surface area contributed by atoms with Crippen LogP contribution in [0.5, 0.6) is 0 Å². The van der Waals surface area contributed by atoms with E-state index in [2.05, 4.69) is 13.8 Å². The summed E-state index contributed by atoms with van der Waals surface area (Å²) in [4.78, 5) is 10.5. The maximum atomic E-state index is 10.5. The molecule has 72 valence electrons. The van der Waals surface area contributed by atoms with E-state index < -0.39 is 0 Å². The van der Waals surface area contributed by atoms with Crippen molar-refractivity contribution in [3.8, 4) is 0 Å². The molecule has 0 saturated carbocycles. The Morgan fingerprint density at radius 3 is 2.75 bits per heavy atom. The van der Waals surface area contributed by atoms with Crippen molar-refractivity contribution >= 4 is 5.91 Å². The Labute approximate surface area is 73.4 Å². The molecular weight excluding hydrogens is 156 g/mol. The first-order chi connectivity index (χ1) is 5.66. The van der Waals surface area contributed by atoms with E-state index in [1.807, 2.05) is 5.43 Å². The summed E-state index contributed by atoms with van der Waals surface area (Å²) in [5.74, 6) is 5.27. The third-order valence-corrected chi connectivity index (χ3v) is 1.46. The zero-order chi connectivity index (χ0) is 9.40. The molecule has 0 aromatic carbocycles. The van der Waals surface area contributed by atoms with Gasteiger partial charge in [-0.05, 0) is 18.8 Å². The molecule has 3 N–H and O–H groups in total. The van der Waals surface area contributed by atoms with Gasteiger partial charge in [0, 0.05) is 6.61 Å². The van der Waals surface area contributed by atoms with E-state index >= 15 is 0 Å². The maximum Gasteiger partial charge on any atom is 0.259 e. The van der Waals surface area contributed by atoms with Crippen LogP contribution < -0.4 is 11.3 Å². The third kappa shape index (κ3) is 7.50. The lowest BCUT2D eigenvalue weighted by Crippen LogP contribution is -2.33. The number of hydrogen-bond acceptors (Lipinski definition) is 3. The average Bonchev–Trinajstić information content (AvgIpc) is 2.03. The van der Waals surface area contributed by atoms with Crippen LogP contribution in [0.15, 0.2) is 0 Å². The van der Waals surface area contributed by atoms with Crippen LogP contribution in [-0.2, 0) is 9.53 Å². The van der Waals surface area contributed by atoms with E-state index in [4.69, 9.17) is 10.6 Å². The zero-order valence-corrected chi connectivity index (χ0v) is 7.80. The largest absolute Gasteiger partial charge is 0.372 e. The number of hydrogen-bond donors (Lipinski definition) is 2. The normalized spacial score (nSPS) is 10.3. The lowest BCUT2D eigenvalue weighted by atomic mass is 10.1. The number of ether oxygens (including phenoxy) is 1. The van der Waals surface area contributed by atoms with Crippen LogP contribution >= 0.6 is 0 Å². The summed E-state index contributed by atoms with van der Waals surface area (Å²) >= 11 is 0. The standard InChI is InChI=1S/C8H18N2O2/c1-7(2)4-3-5-12-6-8(11)10-9/h7H,3-6,9H2,1-2H3,(H,10,11). The monoisotopic (exact) mass is 174 g/mol. The number of carbonyl (C=O) groups excluding carboxylic acids is 1. The van der Waals surface area contributed by atoms with Crippen molar-refractivity contribution in [3.63, 3.8) is 0 Å². The van der Waals surface area contributed by atoms with Gasteiger partial charge in [0.1, 0.15) is 6.61 Å². The summed E-state index contributed by atoms with van der Waals surface area (Å²) < 4.78 is 5.04. The van der Waals surface area contributed by atoms with Gasteiger partial charge in [0.05, 0.1) is 0 Å². The minimum atomic E-state index is -0.278. The van der Waals surface area contributed by atoms with Gasteiger partial charge in [-0.15, -0.1) is 0 Å². The second-order valence-electron chi connectivity index (χ2n) is 3.16. The molecule has 0 aromatic heterocycles. The molecule has 0 bridgehead atoms. The van der Waals surface area contributed by atoms with Crippen LogP contribution in [0.1, 0.15) is 26.7 Å². The molecule has 0 aliphatic heterocycles. The molecular formula is C8H18N2O2. The molecule has 0 atom stereocenters. The van der Waals surface area contributed by atoms with Crippen LogP contribution in [-0.4, -0.2) is 19.1 Å². The Kier molecular flexibility index (Phi) is 6.70. The molecule has 0 rings (SSSR count).